The van der Waals surface area contributed by atoms with Gasteiger partial charge in [0.25, 0.3) is 0 Å². The van der Waals surface area contributed by atoms with Crippen LogP contribution in [-0.2, 0) is 0 Å². The summed E-state index contributed by atoms with van der Waals surface area (Å²) in [5.74, 6) is 0.781. The van der Waals surface area contributed by atoms with E-state index < -0.39 is 0 Å². The Bertz CT molecular complexity index is 821. The maximum absolute atomic E-state index is 9.33. The molecule has 122 valence electrons. The molecule has 0 aliphatic carbocycles. The molecule has 0 unspecified atom stereocenters. The maximum atomic E-state index is 9.33. The lowest BCUT2D eigenvalue weighted by Crippen LogP contribution is -1.91. The van der Waals surface area contributed by atoms with Gasteiger partial charge in [0.2, 0.25) is 5.13 Å². The first kappa shape index (κ1) is 16.2. The van der Waals surface area contributed by atoms with E-state index in [2.05, 4.69) is 53.6 Å². The van der Waals surface area contributed by atoms with Crippen LogP contribution in [0.15, 0.2) is 59.0 Å². The highest BCUT2D eigenvalue weighted by atomic mass is 32.1. The highest BCUT2D eigenvalue weighted by Crippen LogP contribution is 2.26. The topological polar surface area (TPSA) is 57.5 Å². The summed E-state index contributed by atoms with van der Waals surface area (Å²) in [7, 11) is 0. The molecule has 0 bridgehead atoms. The number of aromatic nitrogens is 1. The Morgan fingerprint density at radius 1 is 1.08 bits per heavy atom. The summed E-state index contributed by atoms with van der Waals surface area (Å²) < 4.78 is 0. The van der Waals surface area contributed by atoms with Gasteiger partial charge in [0.15, 0.2) is 0 Å². The van der Waals surface area contributed by atoms with E-state index in [1.807, 2.05) is 17.5 Å². The zero-order chi connectivity index (χ0) is 16.9. The summed E-state index contributed by atoms with van der Waals surface area (Å²) in [6.45, 7) is 4.36. The van der Waals surface area contributed by atoms with Crippen molar-refractivity contribution in [3.8, 4) is 17.0 Å². The molecular formula is C19H19N3OS. The van der Waals surface area contributed by atoms with Crippen LogP contribution in [0.5, 0.6) is 5.75 Å². The van der Waals surface area contributed by atoms with Gasteiger partial charge in [-0.05, 0) is 41.3 Å². The molecule has 0 aliphatic rings. The first-order valence-corrected chi connectivity index (χ1v) is 8.64. The largest absolute Gasteiger partial charge is 0.508 e. The van der Waals surface area contributed by atoms with Crippen LogP contribution >= 0.6 is 11.3 Å². The molecule has 24 heavy (non-hydrogen) atoms. The fraction of sp³-hybridized carbons (Fsp3) is 0.158. The van der Waals surface area contributed by atoms with Gasteiger partial charge in [-0.1, -0.05) is 38.1 Å². The average Bonchev–Trinajstić information content (AvgIpc) is 3.05. The number of nitrogens with one attached hydrogen (secondary N) is 1. The van der Waals surface area contributed by atoms with Crippen molar-refractivity contribution in [3.63, 3.8) is 0 Å². The predicted molar refractivity (Wildman–Crippen MR) is 101 cm³/mol. The highest BCUT2D eigenvalue weighted by molar-refractivity contribution is 7.14. The molecule has 0 saturated carbocycles. The quantitative estimate of drug-likeness (QED) is 0.504. The average molecular weight is 337 g/mol. The van der Waals surface area contributed by atoms with Crippen molar-refractivity contribution < 1.29 is 5.11 Å². The van der Waals surface area contributed by atoms with Crippen LogP contribution in [0.2, 0.25) is 0 Å². The first-order valence-electron chi connectivity index (χ1n) is 7.76. The lowest BCUT2D eigenvalue weighted by molar-refractivity contribution is 0.475. The molecule has 1 heterocycles. The van der Waals surface area contributed by atoms with Gasteiger partial charge in [-0.2, -0.15) is 5.10 Å². The molecule has 0 atom stereocenters. The Kier molecular flexibility index (Phi) is 4.91. The van der Waals surface area contributed by atoms with E-state index in [1.165, 1.54) is 16.9 Å². The molecular weight excluding hydrogens is 318 g/mol. The first-order chi connectivity index (χ1) is 11.6. The molecule has 0 saturated heterocycles. The SMILES string of the molecule is CC(C)c1ccc(C=NNc2nc(-c3ccc(O)cc3)cs2)cc1. The summed E-state index contributed by atoms with van der Waals surface area (Å²) in [6, 6.07) is 15.4. The van der Waals surface area contributed by atoms with Gasteiger partial charge in [-0.3, -0.25) is 5.43 Å². The van der Waals surface area contributed by atoms with Crippen molar-refractivity contribution in [2.24, 2.45) is 5.10 Å². The summed E-state index contributed by atoms with van der Waals surface area (Å²) in [4.78, 5) is 4.49. The maximum Gasteiger partial charge on any atom is 0.203 e. The van der Waals surface area contributed by atoms with E-state index >= 15 is 0 Å². The summed E-state index contributed by atoms with van der Waals surface area (Å²) in [5.41, 5.74) is 7.14. The van der Waals surface area contributed by atoms with Gasteiger partial charge in [0.05, 0.1) is 11.9 Å². The fourth-order valence-electron chi connectivity index (χ4n) is 2.22. The number of phenolic OH excluding ortho intramolecular Hbond substituents is 1. The minimum Gasteiger partial charge on any atom is -0.508 e. The molecule has 4 nitrogen and oxygen atoms in total. The zero-order valence-corrected chi connectivity index (χ0v) is 14.4. The molecule has 5 heteroatoms. The van der Waals surface area contributed by atoms with E-state index in [0.29, 0.717) is 5.92 Å². The Labute approximate surface area is 145 Å². The van der Waals surface area contributed by atoms with Crippen molar-refractivity contribution in [1.82, 2.24) is 4.98 Å². The number of hydrogen-bond donors (Lipinski definition) is 2. The van der Waals surface area contributed by atoms with E-state index in [1.54, 1.807) is 18.3 Å². The lowest BCUT2D eigenvalue weighted by atomic mass is 10.0. The molecule has 0 fully saturated rings. The number of rotatable bonds is 5. The van der Waals surface area contributed by atoms with Gasteiger partial charge in [0, 0.05) is 10.9 Å². The van der Waals surface area contributed by atoms with Crippen LogP contribution in [0.3, 0.4) is 0 Å². The zero-order valence-electron chi connectivity index (χ0n) is 13.6. The molecule has 3 aromatic rings. The van der Waals surface area contributed by atoms with Gasteiger partial charge >= 0.3 is 0 Å². The van der Waals surface area contributed by atoms with Crippen LogP contribution in [-0.4, -0.2) is 16.3 Å². The van der Waals surface area contributed by atoms with E-state index in [9.17, 15) is 5.11 Å². The molecule has 3 rings (SSSR count). The normalized spacial score (nSPS) is 11.3. The van der Waals surface area contributed by atoms with E-state index in [0.717, 1.165) is 22.0 Å². The minimum atomic E-state index is 0.250. The van der Waals surface area contributed by atoms with Gasteiger partial charge in [-0.25, -0.2) is 4.98 Å². The number of hydrazone groups is 1. The third kappa shape index (κ3) is 4.00. The Morgan fingerprint density at radius 3 is 2.46 bits per heavy atom. The molecule has 1 aromatic heterocycles. The third-order valence-electron chi connectivity index (χ3n) is 3.64. The van der Waals surface area contributed by atoms with Crippen LogP contribution in [0.4, 0.5) is 5.13 Å². The van der Waals surface area contributed by atoms with Crippen LogP contribution in [0.1, 0.15) is 30.9 Å². The number of nitrogens with zero attached hydrogens (tertiary/aromatic N) is 2. The second-order valence-electron chi connectivity index (χ2n) is 5.78. The smallest absolute Gasteiger partial charge is 0.203 e. The number of hydrogen-bond acceptors (Lipinski definition) is 5. The summed E-state index contributed by atoms with van der Waals surface area (Å²) in [6.07, 6.45) is 1.78. The Balaban J connectivity index is 1.63. The van der Waals surface area contributed by atoms with E-state index in [-0.39, 0.29) is 5.75 Å². The van der Waals surface area contributed by atoms with Crippen LogP contribution < -0.4 is 5.43 Å². The monoisotopic (exact) mass is 337 g/mol. The summed E-state index contributed by atoms with van der Waals surface area (Å²) >= 11 is 1.49. The standard InChI is InChI=1S/C19H19N3OS/c1-13(2)15-5-3-14(4-6-15)11-20-22-19-21-18(12-24-19)16-7-9-17(23)10-8-16/h3-13,23H,1-2H3,(H,21,22). The van der Waals surface area contributed by atoms with Gasteiger partial charge < -0.3 is 5.11 Å². The predicted octanol–water partition coefficient (Wildman–Crippen LogP) is 5.09. The number of aromatic hydroxyl groups is 1. The lowest BCUT2D eigenvalue weighted by Gasteiger charge is -2.04. The number of thiazole rings is 1. The molecule has 0 radical (unpaired) electrons. The second kappa shape index (κ2) is 7.27. The van der Waals surface area contributed by atoms with Gasteiger partial charge in [-0.15, -0.1) is 11.3 Å². The third-order valence-corrected chi connectivity index (χ3v) is 4.39. The van der Waals surface area contributed by atoms with Crippen molar-refractivity contribution in [3.05, 3.63) is 65.0 Å². The van der Waals surface area contributed by atoms with Crippen LogP contribution in [0.25, 0.3) is 11.3 Å². The van der Waals surface area contributed by atoms with Crippen LogP contribution in [0, 0.1) is 0 Å². The van der Waals surface area contributed by atoms with Crippen molar-refractivity contribution >= 4 is 22.7 Å². The minimum absolute atomic E-state index is 0.250. The highest BCUT2D eigenvalue weighted by Gasteiger charge is 2.04. The molecule has 2 aromatic carbocycles. The van der Waals surface area contributed by atoms with Gasteiger partial charge in [0.1, 0.15) is 5.75 Å². The van der Waals surface area contributed by atoms with E-state index in [4.69, 9.17) is 0 Å². The Hall–Kier alpha value is -2.66. The second-order valence-corrected chi connectivity index (χ2v) is 6.63. The number of phenols is 1. The fourth-order valence-corrected chi connectivity index (χ4v) is 2.89. The Morgan fingerprint density at radius 2 is 1.79 bits per heavy atom. The number of anilines is 1. The van der Waals surface area contributed by atoms with Crippen molar-refractivity contribution in [2.75, 3.05) is 5.43 Å². The van der Waals surface area contributed by atoms with Crippen molar-refractivity contribution in [2.45, 2.75) is 19.8 Å². The summed E-state index contributed by atoms with van der Waals surface area (Å²) in [5, 5.41) is 16.3. The number of benzene rings is 2. The molecule has 0 aliphatic heterocycles. The molecule has 0 spiro atoms. The van der Waals surface area contributed by atoms with Crippen molar-refractivity contribution in [1.29, 1.82) is 0 Å². The molecule has 2 N–H and O–H groups in total. The molecule has 0 amide bonds.